The quantitative estimate of drug-likeness (QED) is 0.193. The molecule has 0 spiro atoms. The number of rotatable bonds is 9. The Kier molecular flexibility index (Phi) is 9.10. The van der Waals surface area contributed by atoms with E-state index in [1.807, 2.05) is 60.7 Å². The minimum atomic E-state index is -3.83. The van der Waals surface area contributed by atoms with Gasteiger partial charge in [0.1, 0.15) is 11.5 Å². The van der Waals surface area contributed by atoms with E-state index < -0.39 is 36.0 Å². The zero-order valence-electron chi connectivity index (χ0n) is 31.0. The van der Waals surface area contributed by atoms with Crippen LogP contribution in [0.15, 0.2) is 112 Å². The van der Waals surface area contributed by atoms with Crippen LogP contribution in [0.4, 0.5) is 22.7 Å². The van der Waals surface area contributed by atoms with E-state index in [2.05, 4.69) is 14.5 Å². The van der Waals surface area contributed by atoms with Crippen LogP contribution in [0.3, 0.4) is 0 Å². The highest BCUT2D eigenvalue weighted by atomic mass is 32.2. The van der Waals surface area contributed by atoms with Gasteiger partial charge in [0.15, 0.2) is 0 Å². The van der Waals surface area contributed by atoms with Crippen LogP contribution in [-0.2, 0) is 42.9 Å². The molecule has 3 heterocycles. The third kappa shape index (κ3) is 6.19. The largest absolute Gasteiger partial charge is 0.457 e. The van der Waals surface area contributed by atoms with Crippen molar-refractivity contribution in [1.29, 1.82) is 0 Å². The number of fused-ring (bicyclic) bond motifs is 4. The van der Waals surface area contributed by atoms with Gasteiger partial charge in [0.05, 0.1) is 14.7 Å². The predicted molar refractivity (Wildman–Crippen MR) is 213 cm³/mol. The molecule has 0 fully saturated rings. The minimum Gasteiger partial charge on any atom is -0.457 e. The normalized spacial score (nSPS) is 15.5. The fraction of sp³-hybridized carbons (Fsp3) is 0.250. The van der Waals surface area contributed by atoms with Gasteiger partial charge in [-0.3, -0.25) is 0 Å². The number of hydrogen-bond donors (Lipinski definition) is 1. The lowest BCUT2D eigenvalue weighted by Gasteiger charge is -2.32. The van der Waals surface area contributed by atoms with Crippen LogP contribution >= 0.6 is 0 Å². The third-order valence-electron chi connectivity index (χ3n) is 10.7. The Morgan fingerprint density at radius 3 is 1.53 bits per heavy atom. The molecule has 8 rings (SSSR count). The highest BCUT2D eigenvalue weighted by molar-refractivity contribution is 7.89. The maximum Gasteiger partial charge on any atom is 0.242 e. The summed E-state index contributed by atoms with van der Waals surface area (Å²) in [5.74, 6) is 0.657. The third-order valence-corrected chi connectivity index (χ3v) is 15.8. The molecule has 5 aromatic carbocycles. The van der Waals surface area contributed by atoms with E-state index in [4.69, 9.17) is 4.74 Å². The predicted octanol–water partition coefficient (Wildman–Crippen LogP) is 5.77. The summed E-state index contributed by atoms with van der Waals surface area (Å²) in [5.41, 5.74) is 7.59. The van der Waals surface area contributed by atoms with E-state index in [1.165, 1.54) is 43.8 Å². The van der Waals surface area contributed by atoms with Gasteiger partial charge >= 0.3 is 0 Å². The second-order valence-corrected chi connectivity index (χ2v) is 20.3. The minimum absolute atomic E-state index is 0.170. The first kappa shape index (κ1) is 37.2. The van der Waals surface area contributed by atoms with Crippen molar-refractivity contribution in [3.05, 3.63) is 125 Å². The number of hydrogen-bond acceptors (Lipinski definition) is 9. The second-order valence-electron chi connectivity index (χ2n) is 14.2. The van der Waals surface area contributed by atoms with E-state index in [-0.39, 0.29) is 14.7 Å². The lowest BCUT2D eigenvalue weighted by atomic mass is 9.82. The molecule has 3 aliphatic rings. The van der Waals surface area contributed by atoms with Gasteiger partial charge in [0.2, 0.25) is 30.1 Å². The Morgan fingerprint density at radius 1 is 0.600 bits per heavy atom. The van der Waals surface area contributed by atoms with Crippen LogP contribution in [0, 0.1) is 0 Å². The molecule has 286 valence electrons. The van der Waals surface area contributed by atoms with Crippen LogP contribution in [-0.4, -0.2) is 82.2 Å². The summed E-state index contributed by atoms with van der Waals surface area (Å²) in [6.45, 7) is 1.28. The van der Waals surface area contributed by atoms with Crippen molar-refractivity contribution < 1.29 is 30.0 Å². The van der Waals surface area contributed by atoms with Gasteiger partial charge in [-0.05, 0) is 91.2 Å². The summed E-state index contributed by atoms with van der Waals surface area (Å²) in [4.78, 5) is 4.94. The van der Waals surface area contributed by atoms with E-state index in [1.54, 1.807) is 36.4 Å². The lowest BCUT2D eigenvalue weighted by molar-refractivity contribution is 0.452. The van der Waals surface area contributed by atoms with Crippen molar-refractivity contribution in [1.82, 2.24) is 13.3 Å². The SMILES string of the molecule is CNS(=O)(=O)c1ccccc1C1c2ccc(N3CCc4cc(S(=O)(=O)N(C)C)ccc43)cc2Oc2cc(N3CCc4cc(S(=O)(=O)N(C)C)ccc43)ccc21. The average molecular weight is 800 g/mol. The van der Waals surface area contributed by atoms with Gasteiger partial charge in [0, 0.05) is 93.2 Å². The summed E-state index contributed by atoms with van der Waals surface area (Å²) in [6.07, 6.45) is 1.32. The fourth-order valence-electron chi connectivity index (χ4n) is 7.77. The number of anilines is 4. The molecule has 0 saturated heterocycles. The molecule has 5 aromatic rings. The second kappa shape index (κ2) is 13.5. The van der Waals surface area contributed by atoms with Crippen molar-refractivity contribution in [2.45, 2.75) is 33.4 Å². The topological polar surface area (TPSA) is 137 Å². The van der Waals surface area contributed by atoms with Gasteiger partial charge in [-0.15, -0.1) is 0 Å². The summed E-state index contributed by atoms with van der Waals surface area (Å²) in [6, 6.07) is 29.3. The van der Waals surface area contributed by atoms with Gasteiger partial charge in [-0.25, -0.2) is 38.6 Å². The number of sulfonamides is 3. The highest BCUT2D eigenvalue weighted by Crippen LogP contribution is 2.52. The van der Waals surface area contributed by atoms with Crippen LogP contribution in [0.5, 0.6) is 11.5 Å². The molecular formula is C40H41N5O7S3. The number of ether oxygens (including phenoxy) is 1. The van der Waals surface area contributed by atoms with Crippen molar-refractivity contribution in [2.75, 3.05) is 58.1 Å². The Hall–Kier alpha value is -4.77. The van der Waals surface area contributed by atoms with Crippen molar-refractivity contribution in [3.63, 3.8) is 0 Å². The smallest absolute Gasteiger partial charge is 0.242 e. The van der Waals surface area contributed by atoms with Gasteiger partial charge < -0.3 is 14.5 Å². The Balaban J connectivity index is 1.22. The van der Waals surface area contributed by atoms with E-state index in [0.29, 0.717) is 43.0 Å². The Morgan fingerprint density at radius 2 is 1.07 bits per heavy atom. The van der Waals surface area contributed by atoms with Gasteiger partial charge in [-0.2, -0.15) is 0 Å². The first-order valence-electron chi connectivity index (χ1n) is 17.8. The van der Waals surface area contributed by atoms with Crippen molar-refractivity contribution >= 4 is 52.8 Å². The molecule has 0 bridgehead atoms. The van der Waals surface area contributed by atoms with Crippen LogP contribution in [0.1, 0.15) is 33.7 Å². The standard InChI is InChI=1S/C40H41N5O7S3/c1-41-53(46,47)39-9-7-6-8-34(39)40-32-14-10-28(44-20-18-26-22-30(12-16-35(26)44)54(48,49)42(2)3)24-37(32)52-38-25-29(11-15-33(38)40)45-21-19-27-23-31(13-17-36(27)45)55(50,51)43(4)5/h6-17,22-25,40-41H,18-21H2,1-5H3. The summed E-state index contributed by atoms with van der Waals surface area (Å²) >= 11 is 0. The van der Waals surface area contributed by atoms with Crippen LogP contribution in [0.2, 0.25) is 0 Å². The molecule has 12 nitrogen and oxygen atoms in total. The first-order valence-corrected chi connectivity index (χ1v) is 22.1. The van der Waals surface area contributed by atoms with E-state index >= 15 is 0 Å². The number of benzene rings is 5. The molecule has 15 heteroatoms. The maximum absolute atomic E-state index is 13.4. The monoisotopic (exact) mass is 799 g/mol. The van der Waals surface area contributed by atoms with E-state index in [0.717, 1.165) is 45.0 Å². The number of nitrogens with one attached hydrogen (secondary N) is 1. The van der Waals surface area contributed by atoms with E-state index in [9.17, 15) is 25.3 Å². The molecule has 0 unspecified atom stereocenters. The Labute approximate surface area is 322 Å². The zero-order chi connectivity index (χ0) is 39.0. The first-order chi connectivity index (χ1) is 26.1. The lowest BCUT2D eigenvalue weighted by Crippen LogP contribution is -2.23. The molecule has 0 aromatic heterocycles. The molecule has 1 N–H and O–H groups in total. The Bertz CT molecular complexity index is 2570. The van der Waals surface area contributed by atoms with Gasteiger partial charge in [0.25, 0.3) is 0 Å². The molecule has 3 aliphatic heterocycles. The van der Waals surface area contributed by atoms with Gasteiger partial charge in [-0.1, -0.05) is 30.3 Å². The van der Waals surface area contributed by atoms with Crippen molar-refractivity contribution in [2.24, 2.45) is 0 Å². The maximum atomic E-state index is 13.4. The zero-order valence-corrected chi connectivity index (χ0v) is 33.5. The molecule has 0 saturated carbocycles. The summed E-state index contributed by atoms with van der Waals surface area (Å²) in [5, 5.41) is 0. The molecule has 0 atom stereocenters. The molecule has 0 aliphatic carbocycles. The molecule has 0 amide bonds. The summed E-state index contributed by atoms with van der Waals surface area (Å²) < 4.78 is 89.9. The number of nitrogens with zero attached hydrogens (tertiary/aromatic N) is 4. The van der Waals surface area contributed by atoms with Crippen LogP contribution < -0.4 is 19.3 Å². The fourth-order valence-corrected chi connectivity index (χ4v) is 10.6. The molecule has 0 radical (unpaired) electrons. The van der Waals surface area contributed by atoms with Crippen LogP contribution in [0.25, 0.3) is 0 Å². The molecular weight excluding hydrogens is 759 g/mol. The average Bonchev–Trinajstić information content (AvgIpc) is 3.80. The molecule has 55 heavy (non-hydrogen) atoms. The van der Waals surface area contributed by atoms with Crippen molar-refractivity contribution in [3.8, 4) is 11.5 Å². The summed E-state index contributed by atoms with van der Waals surface area (Å²) in [7, 11) is -3.54. The highest BCUT2D eigenvalue weighted by Gasteiger charge is 2.35.